The van der Waals surface area contributed by atoms with Crippen LogP contribution < -0.4 is 5.32 Å². The monoisotopic (exact) mass is 348 g/mol. The number of nitrogens with zero attached hydrogens (tertiary/aromatic N) is 1. The van der Waals surface area contributed by atoms with Crippen molar-refractivity contribution in [1.29, 1.82) is 5.26 Å². The number of halogens is 2. The lowest BCUT2D eigenvalue weighted by Crippen LogP contribution is -2.18. The number of benzene rings is 2. The first-order chi connectivity index (χ1) is 9.60. The van der Waals surface area contributed by atoms with Crippen LogP contribution in [-0.2, 0) is 6.54 Å². The van der Waals surface area contributed by atoms with Crippen LogP contribution in [-0.4, -0.2) is 0 Å². The lowest BCUT2D eigenvalue weighted by Gasteiger charge is -2.15. The van der Waals surface area contributed by atoms with E-state index in [0.717, 1.165) is 10.0 Å². The molecule has 0 amide bonds. The van der Waals surface area contributed by atoms with E-state index in [-0.39, 0.29) is 6.04 Å². The summed E-state index contributed by atoms with van der Waals surface area (Å²) < 4.78 is 1.07. The zero-order chi connectivity index (χ0) is 14.5. The lowest BCUT2D eigenvalue weighted by molar-refractivity contribution is 0.575. The van der Waals surface area contributed by atoms with E-state index >= 15 is 0 Å². The molecule has 2 aromatic rings. The Balaban J connectivity index is 2.01. The molecule has 1 unspecified atom stereocenters. The minimum Gasteiger partial charge on any atom is -0.306 e. The second kappa shape index (κ2) is 6.90. The minimum atomic E-state index is 0.231. The van der Waals surface area contributed by atoms with E-state index in [1.807, 2.05) is 18.2 Å². The number of hydrogen-bond acceptors (Lipinski definition) is 2. The van der Waals surface area contributed by atoms with E-state index in [9.17, 15) is 0 Å². The minimum absolute atomic E-state index is 0.231. The molecule has 0 spiro atoms. The summed E-state index contributed by atoms with van der Waals surface area (Å²) in [4.78, 5) is 0. The summed E-state index contributed by atoms with van der Waals surface area (Å²) in [5, 5.41) is 12.9. The molecule has 0 aliphatic carbocycles. The molecule has 0 saturated carbocycles. The molecule has 0 heterocycles. The zero-order valence-corrected chi connectivity index (χ0v) is 13.4. The maximum Gasteiger partial charge on any atom is 0.0992 e. The van der Waals surface area contributed by atoms with Gasteiger partial charge in [0.05, 0.1) is 11.6 Å². The number of nitriles is 1. The van der Waals surface area contributed by atoms with Gasteiger partial charge in [-0.05, 0) is 42.3 Å². The fourth-order valence-corrected chi connectivity index (χ4v) is 2.40. The van der Waals surface area contributed by atoms with E-state index in [0.29, 0.717) is 17.1 Å². The molecule has 0 aliphatic heterocycles. The van der Waals surface area contributed by atoms with Gasteiger partial charge in [0.2, 0.25) is 0 Å². The Morgan fingerprint density at radius 3 is 2.55 bits per heavy atom. The molecular formula is C16H14BrClN2. The summed E-state index contributed by atoms with van der Waals surface area (Å²) in [5.41, 5.74) is 2.80. The third kappa shape index (κ3) is 3.83. The molecule has 0 radical (unpaired) electrons. The maximum absolute atomic E-state index is 8.81. The summed E-state index contributed by atoms with van der Waals surface area (Å²) >= 11 is 9.59. The van der Waals surface area contributed by atoms with Crippen LogP contribution in [0, 0.1) is 11.3 Å². The first kappa shape index (κ1) is 15.1. The highest BCUT2D eigenvalue weighted by Gasteiger charge is 2.07. The lowest BCUT2D eigenvalue weighted by atomic mass is 10.1. The third-order valence-corrected chi connectivity index (χ3v) is 4.03. The van der Waals surface area contributed by atoms with Crippen molar-refractivity contribution in [2.75, 3.05) is 0 Å². The van der Waals surface area contributed by atoms with Gasteiger partial charge in [-0.1, -0.05) is 45.7 Å². The van der Waals surface area contributed by atoms with Crippen LogP contribution in [0.3, 0.4) is 0 Å². The summed E-state index contributed by atoms with van der Waals surface area (Å²) in [6, 6.07) is 15.9. The molecule has 2 aromatic carbocycles. The fourth-order valence-electron chi connectivity index (χ4n) is 1.89. The Labute approximate surface area is 132 Å². The summed E-state index contributed by atoms with van der Waals surface area (Å²) in [5.74, 6) is 0. The van der Waals surface area contributed by atoms with Gasteiger partial charge in [0.1, 0.15) is 0 Å². The van der Waals surface area contributed by atoms with Crippen molar-refractivity contribution in [3.63, 3.8) is 0 Å². The van der Waals surface area contributed by atoms with Crippen LogP contribution in [0.15, 0.2) is 46.9 Å². The highest BCUT2D eigenvalue weighted by molar-refractivity contribution is 9.10. The Morgan fingerprint density at radius 1 is 1.25 bits per heavy atom. The average Bonchev–Trinajstić information content (AvgIpc) is 2.46. The summed E-state index contributed by atoms with van der Waals surface area (Å²) in [6.45, 7) is 2.78. The second-order valence-corrected chi connectivity index (χ2v) is 5.90. The molecular weight excluding hydrogens is 336 g/mol. The van der Waals surface area contributed by atoms with Crippen molar-refractivity contribution in [1.82, 2.24) is 5.32 Å². The van der Waals surface area contributed by atoms with Crippen LogP contribution in [0.2, 0.25) is 5.02 Å². The van der Waals surface area contributed by atoms with Crippen molar-refractivity contribution in [3.8, 4) is 6.07 Å². The standard InChI is InChI=1S/C16H14BrClN2/c1-11(13-4-6-15(17)7-5-13)20-10-14-3-2-12(9-19)8-16(14)18/h2-8,11,20H,10H2,1H3. The third-order valence-electron chi connectivity index (χ3n) is 3.15. The normalized spacial score (nSPS) is 11.9. The summed E-state index contributed by atoms with van der Waals surface area (Å²) in [6.07, 6.45) is 0. The Hall–Kier alpha value is -1.34. The van der Waals surface area contributed by atoms with Crippen LogP contribution in [0.5, 0.6) is 0 Å². The summed E-state index contributed by atoms with van der Waals surface area (Å²) in [7, 11) is 0. The largest absolute Gasteiger partial charge is 0.306 e. The van der Waals surface area contributed by atoms with Crippen LogP contribution in [0.25, 0.3) is 0 Å². The van der Waals surface area contributed by atoms with Crippen molar-refractivity contribution < 1.29 is 0 Å². The topological polar surface area (TPSA) is 35.8 Å². The van der Waals surface area contributed by atoms with Crippen LogP contribution in [0.1, 0.15) is 29.7 Å². The highest BCUT2D eigenvalue weighted by atomic mass is 79.9. The predicted octanol–water partition coefficient (Wildman–Crippen LogP) is 4.82. The van der Waals surface area contributed by atoms with Gasteiger partial charge < -0.3 is 5.32 Å². The first-order valence-corrected chi connectivity index (χ1v) is 7.44. The van der Waals surface area contributed by atoms with E-state index < -0.39 is 0 Å². The van der Waals surface area contributed by atoms with Gasteiger partial charge >= 0.3 is 0 Å². The smallest absolute Gasteiger partial charge is 0.0992 e. The Morgan fingerprint density at radius 2 is 1.95 bits per heavy atom. The van der Waals surface area contributed by atoms with Crippen molar-refractivity contribution in [2.45, 2.75) is 19.5 Å². The number of rotatable bonds is 4. The SMILES string of the molecule is CC(NCc1ccc(C#N)cc1Cl)c1ccc(Br)cc1. The van der Waals surface area contributed by atoms with Gasteiger partial charge in [0, 0.05) is 22.1 Å². The number of hydrogen-bond donors (Lipinski definition) is 1. The molecule has 4 heteroatoms. The van der Waals surface area contributed by atoms with Gasteiger partial charge in [0.25, 0.3) is 0 Å². The fraction of sp³-hybridized carbons (Fsp3) is 0.188. The molecule has 102 valence electrons. The first-order valence-electron chi connectivity index (χ1n) is 6.27. The Bertz CT molecular complexity index is 632. The second-order valence-electron chi connectivity index (χ2n) is 4.57. The van der Waals surface area contributed by atoms with Gasteiger partial charge in [-0.15, -0.1) is 0 Å². The number of nitrogens with one attached hydrogen (secondary N) is 1. The van der Waals surface area contributed by atoms with E-state index in [2.05, 4.69) is 46.4 Å². The average molecular weight is 350 g/mol. The Kier molecular flexibility index (Phi) is 5.19. The van der Waals surface area contributed by atoms with Gasteiger partial charge in [0.15, 0.2) is 0 Å². The van der Waals surface area contributed by atoms with Crippen molar-refractivity contribution in [2.24, 2.45) is 0 Å². The molecule has 0 fully saturated rings. The van der Waals surface area contributed by atoms with Crippen molar-refractivity contribution in [3.05, 3.63) is 68.7 Å². The zero-order valence-electron chi connectivity index (χ0n) is 11.0. The van der Waals surface area contributed by atoms with Crippen LogP contribution >= 0.6 is 27.5 Å². The predicted molar refractivity (Wildman–Crippen MR) is 85.6 cm³/mol. The molecule has 0 bridgehead atoms. The molecule has 0 aliphatic rings. The maximum atomic E-state index is 8.81. The molecule has 0 saturated heterocycles. The van der Waals surface area contributed by atoms with Gasteiger partial charge in [-0.25, -0.2) is 0 Å². The van der Waals surface area contributed by atoms with Gasteiger partial charge in [-0.3, -0.25) is 0 Å². The van der Waals surface area contributed by atoms with Crippen molar-refractivity contribution >= 4 is 27.5 Å². The quantitative estimate of drug-likeness (QED) is 0.858. The van der Waals surface area contributed by atoms with Gasteiger partial charge in [-0.2, -0.15) is 5.26 Å². The highest BCUT2D eigenvalue weighted by Crippen LogP contribution is 2.20. The molecule has 2 rings (SSSR count). The van der Waals surface area contributed by atoms with E-state index in [4.69, 9.17) is 16.9 Å². The molecule has 20 heavy (non-hydrogen) atoms. The van der Waals surface area contributed by atoms with E-state index in [1.54, 1.807) is 12.1 Å². The molecule has 1 atom stereocenters. The molecule has 1 N–H and O–H groups in total. The molecule has 0 aromatic heterocycles. The van der Waals surface area contributed by atoms with E-state index in [1.165, 1.54) is 5.56 Å². The van der Waals surface area contributed by atoms with Crippen LogP contribution in [0.4, 0.5) is 0 Å². The molecule has 2 nitrogen and oxygen atoms in total.